The highest BCUT2D eigenvalue weighted by Gasteiger charge is 2.42. The summed E-state index contributed by atoms with van der Waals surface area (Å²) in [5, 5.41) is 3.05. The molecule has 26 heavy (non-hydrogen) atoms. The first-order valence-electron chi connectivity index (χ1n) is 9.45. The van der Waals surface area contributed by atoms with Gasteiger partial charge in [-0.15, -0.1) is 0 Å². The summed E-state index contributed by atoms with van der Waals surface area (Å²) in [6.07, 6.45) is 3.45. The number of hydrogen-bond acceptors (Lipinski definition) is 5. The maximum absolute atomic E-state index is 13.0. The Morgan fingerprint density at radius 1 is 1.31 bits per heavy atom. The maximum Gasteiger partial charge on any atom is 0.324 e. The number of carbonyl (C=O) groups is 2. The number of rotatable bonds is 5. The van der Waals surface area contributed by atoms with Gasteiger partial charge in [0, 0.05) is 17.8 Å². The van der Waals surface area contributed by atoms with E-state index in [1.54, 1.807) is 6.92 Å². The van der Waals surface area contributed by atoms with Gasteiger partial charge in [-0.05, 0) is 62.6 Å². The average molecular weight is 374 g/mol. The van der Waals surface area contributed by atoms with E-state index in [0.29, 0.717) is 30.4 Å². The molecule has 1 N–H and O–H groups in total. The van der Waals surface area contributed by atoms with Crippen LogP contribution in [0.5, 0.6) is 0 Å². The molecule has 0 bridgehead atoms. The minimum absolute atomic E-state index is 0.0795. The second kappa shape index (κ2) is 7.97. The molecule has 4 nitrogen and oxygen atoms in total. The molecule has 1 aliphatic heterocycles. The molecule has 1 fully saturated rings. The Hall–Kier alpha value is -1.59. The summed E-state index contributed by atoms with van der Waals surface area (Å²) in [6, 6.07) is 3.87. The van der Waals surface area contributed by atoms with Crippen LogP contribution in [-0.2, 0) is 27.2 Å². The van der Waals surface area contributed by atoms with E-state index < -0.39 is 12.0 Å². The van der Waals surface area contributed by atoms with Crippen molar-refractivity contribution in [2.24, 2.45) is 11.8 Å². The number of nitrogens with one attached hydrogen (secondary N) is 1. The number of thiocarbonyl (C=S) groups is 1. The van der Waals surface area contributed by atoms with Gasteiger partial charge in [0.2, 0.25) is 0 Å². The van der Waals surface area contributed by atoms with Crippen molar-refractivity contribution in [3.8, 4) is 0 Å². The highest BCUT2D eigenvalue weighted by atomic mass is 32.1. The summed E-state index contributed by atoms with van der Waals surface area (Å²) in [7, 11) is 0. The maximum atomic E-state index is 13.0. The molecule has 140 valence electrons. The number of ketones is 1. The van der Waals surface area contributed by atoms with Gasteiger partial charge < -0.3 is 4.74 Å². The lowest BCUT2D eigenvalue weighted by Crippen LogP contribution is -2.41. The largest absolute Gasteiger partial charge is 0.465 e. The monoisotopic (exact) mass is 373 g/mol. The van der Waals surface area contributed by atoms with E-state index in [4.69, 9.17) is 17.0 Å². The Balaban J connectivity index is 1.69. The highest BCUT2D eigenvalue weighted by Crippen LogP contribution is 2.32. The summed E-state index contributed by atoms with van der Waals surface area (Å²) in [4.78, 5) is 25.7. The summed E-state index contributed by atoms with van der Waals surface area (Å²) in [5.74, 6) is -0.492. The number of esters is 1. The Morgan fingerprint density at radius 2 is 2.08 bits per heavy atom. The molecular formula is C21H27NO3S. The second-order valence-corrected chi connectivity index (χ2v) is 8.08. The van der Waals surface area contributed by atoms with Crippen molar-refractivity contribution in [1.29, 1.82) is 0 Å². The highest BCUT2D eigenvalue weighted by molar-refractivity contribution is 7.80. The van der Waals surface area contributed by atoms with Crippen molar-refractivity contribution < 1.29 is 14.3 Å². The molecule has 5 heteroatoms. The van der Waals surface area contributed by atoms with Gasteiger partial charge in [-0.25, -0.2) is 0 Å². The average Bonchev–Trinajstić information content (AvgIpc) is 2.96. The lowest BCUT2D eigenvalue weighted by atomic mass is 9.77. The minimum Gasteiger partial charge on any atom is -0.465 e. The molecule has 2 unspecified atom stereocenters. The minimum atomic E-state index is -0.615. The molecule has 3 atom stereocenters. The van der Waals surface area contributed by atoms with Crippen LogP contribution in [0.15, 0.2) is 12.1 Å². The first-order chi connectivity index (χ1) is 12.4. The van der Waals surface area contributed by atoms with Crippen LogP contribution in [0.1, 0.15) is 42.0 Å². The van der Waals surface area contributed by atoms with Gasteiger partial charge in [-0.1, -0.05) is 29.9 Å². The first kappa shape index (κ1) is 19.2. The molecule has 1 aromatic rings. The molecule has 0 radical (unpaired) electrons. The second-order valence-electron chi connectivity index (χ2n) is 7.55. The molecule has 0 amide bonds. The van der Waals surface area contributed by atoms with Crippen molar-refractivity contribution in [3.05, 3.63) is 34.4 Å². The lowest BCUT2D eigenvalue weighted by molar-refractivity contribution is -0.147. The van der Waals surface area contributed by atoms with Gasteiger partial charge >= 0.3 is 5.97 Å². The summed E-state index contributed by atoms with van der Waals surface area (Å²) < 4.78 is 5.10. The van der Waals surface area contributed by atoms with E-state index in [1.165, 1.54) is 22.3 Å². The smallest absolute Gasteiger partial charge is 0.324 e. The molecule has 0 spiro atoms. The Labute approximate surface area is 160 Å². The summed E-state index contributed by atoms with van der Waals surface area (Å²) >= 11 is 5.37. The van der Waals surface area contributed by atoms with Crippen LogP contribution < -0.4 is 5.32 Å². The Bertz CT molecular complexity index is 743. The zero-order chi connectivity index (χ0) is 18.8. The van der Waals surface area contributed by atoms with Gasteiger partial charge in [0.25, 0.3) is 0 Å². The molecule has 3 rings (SSSR count). The molecule has 1 aromatic carbocycles. The predicted molar refractivity (Wildman–Crippen MR) is 106 cm³/mol. The lowest BCUT2D eigenvalue weighted by Gasteiger charge is -2.27. The van der Waals surface area contributed by atoms with E-state index in [0.717, 1.165) is 19.3 Å². The number of ether oxygens (including phenoxy) is 1. The molecule has 0 aromatic heterocycles. The fraction of sp³-hybridized carbons (Fsp3) is 0.571. The van der Waals surface area contributed by atoms with Crippen LogP contribution in [0, 0.1) is 25.7 Å². The van der Waals surface area contributed by atoms with Crippen LogP contribution in [0.4, 0.5) is 0 Å². The third-order valence-corrected chi connectivity index (χ3v) is 5.97. The van der Waals surface area contributed by atoms with E-state index in [-0.39, 0.29) is 11.8 Å². The third-order valence-electron chi connectivity index (χ3n) is 5.57. The fourth-order valence-corrected chi connectivity index (χ4v) is 4.76. The van der Waals surface area contributed by atoms with Crippen molar-refractivity contribution in [1.82, 2.24) is 5.32 Å². The normalized spacial score (nSPS) is 25.0. The van der Waals surface area contributed by atoms with Crippen LogP contribution in [0.3, 0.4) is 0 Å². The molecular weight excluding hydrogens is 346 g/mol. The Kier molecular flexibility index (Phi) is 5.88. The van der Waals surface area contributed by atoms with Crippen LogP contribution in [-0.4, -0.2) is 35.8 Å². The van der Waals surface area contributed by atoms with Crippen LogP contribution in [0.25, 0.3) is 0 Å². The Morgan fingerprint density at radius 3 is 2.81 bits per heavy atom. The number of carbonyl (C=O) groups excluding carboxylic acids is 2. The summed E-state index contributed by atoms with van der Waals surface area (Å²) in [6.45, 7) is 6.80. The molecule has 0 saturated carbocycles. The van der Waals surface area contributed by atoms with Crippen molar-refractivity contribution >= 4 is 28.8 Å². The van der Waals surface area contributed by atoms with Crippen molar-refractivity contribution in [2.75, 3.05) is 13.2 Å². The zero-order valence-electron chi connectivity index (χ0n) is 15.8. The first-order valence-corrected chi connectivity index (χ1v) is 9.86. The van der Waals surface area contributed by atoms with Gasteiger partial charge in [0.1, 0.15) is 11.8 Å². The van der Waals surface area contributed by atoms with Gasteiger partial charge in [0.15, 0.2) is 0 Å². The van der Waals surface area contributed by atoms with Gasteiger partial charge in [-0.2, -0.15) is 0 Å². The van der Waals surface area contributed by atoms with E-state index in [2.05, 4.69) is 31.3 Å². The van der Waals surface area contributed by atoms with Crippen molar-refractivity contribution in [3.63, 3.8) is 0 Å². The topological polar surface area (TPSA) is 55.4 Å². The third kappa shape index (κ3) is 3.89. The number of aryl methyl sites for hydroxylation is 2. The van der Waals surface area contributed by atoms with Gasteiger partial charge in [-0.3, -0.25) is 14.9 Å². The predicted octanol–water partition coefficient (Wildman–Crippen LogP) is 2.89. The number of fused-ring (bicyclic) bond motifs is 1. The quantitative estimate of drug-likeness (QED) is 0.635. The van der Waals surface area contributed by atoms with E-state index >= 15 is 0 Å². The fourth-order valence-electron chi connectivity index (χ4n) is 4.41. The zero-order valence-corrected chi connectivity index (χ0v) is 16.6. The van der Waals surface area contributed by atoms with Crippen LogP contribution >= 0.6 is 12.2 Å². The molecule has 1 aliphatic carbocycles. The number of Topliss-reactive ketones (excluding diaryl/α,β-unsaturated/α-hetero) is 1. The van der Waals surface area contributed by atoms with Crippen LogP contribution in [0.2, 0.25) is 0 Å². The number of benzene rings is 1. The molecule has 2 aliphatic rings. The molecule has 1 heterocycles. The van der Waals surface area contributed by atoms with Crippen molar-refractivity contribution in [2.45, 2.75) is 52.5 Å². The summed E-state index contributed by atoms with van der Waals surface area (Å²) in [5.41, 5.74) is 5.45. The SMILES string of the molecule is CCOC(=O)[C@H]1NCC(=S)C1C(=O)CC1CCc2c(C)cc(C)cc2C1. The molecule has 1 saturated heterocycles. The van der Waals surface area contributed by atoms with Gasteiger partial charge in [0.05, 0.1) is 12.5 Å². The van der Waals surface area contributed by atoms with E-state index in [9.17, 15) is 9.59 Å². The number of hydrogen-bond donors (Lipinski definition) is 1. The standard InChI is InChI=1S/C21H27NO3S/c1-4-25-21(24)20-19(18(26)11-22-20)17(23)10-14-5-6-16-13(3)7-12(2)8-15(16)9-14/h7-8,14,19-20,22H,4-6,9-11H2,1-3H3/t14?,19?,20-/m0/s1. The van der Waals surface area contributed by atoms with E-state index in [1.807, 2.05) is 0 Å².